The van der Waals surface area contributed by atoms with Crippen LogP contribution in [0.25, 0.3) is 0 Å². The Labute approximate surface area is 108 Å². The summed E-state index contributed by atoms with van der Waals surface area (Å²) in [6.45, 7) is 4.82. The summed E-state index contributed by atoms with van der Waals surface area (Å²) in [5.74, 6) is 1.48. The lowest BCUT2D eigenvalue weighted by molar-refractivity contribution is -0.124. The van der Waals surface area contributed by atoms with E-state index >= 15 is 0 Å². The van der Waals surface area contributed by atoms with Gasteiger partial charge in [0, 0.05) is 18.9 Å². The van der Waals surface area contributed by atoms with Gasteiger partial charge >= 0.3 is 0 Å². The molecule has 0 radical (unpaired) electrons. The summed E-state index contributed by atoms with van der Waals surface area (Å²) in [7, 11) is 0. The zero-order chi connectivity index (χ0) is 13.2. The second-order valence-electron chi connectivity index (χ2n) is 5.64. The predicted molar refractivity (Wildman–Crippen MR) is 68.9 cm³/mol. The van der Waals surface area contributed by atoms with Gasteiger partial charge in [-0.25, -0.2) is 0 Å². The summed E-state index contributed by atoms with van der Waals surface area (Å²) in [6.07, 6.45) is 7.68. The molecule has 98 valence electrons. The zero-order valence-corrected chi connectivity index (χ0v) is 11.1. The SMILES string of the molecule is CC(C)COC1=CC(=O)C2(C=CC(=O)CC2)CC1. The number of ether oxygens (including phenoxy) is 1. The van der Waals surface area contributed by atoms with Gasteiger partial charge in [-0.2, -0.15) is 0 Å². The Hall–Kier alpha value is -1.38. The topological polar surface area (TPSA) is 43.4 Å². The van der Waals surface area contributed by atoms with Gasteiger partial charge in [0.25, 0.3) is 0 Å². The highest BCUT2D eigenvalue weighted by atomic mass is 16.5. The van der Waals surface area contributed by atoms with Crippen molar-refractivity contribution in [1.82, 2.24) is 0 Å². The molecule has 0 heterocycles. The first kappa shape index (κ1) is 13.1. The molecular formula is C15H20O3. The fourth-order valence-corrected chi connectivity index (χ4v) is 2.40. The van der Waals surface area contributed by atoms with E-state index in [4.69, 9.17) is 4.74 Å². The Morgan fingerprint density at radius 3 is 2.56 bits per heavy atom. The first-order valence-corrected chi connectivity index (χ1v) is 6.62. The highest BCUT2D eigenvalue weighted by Gasteiger charge is 2.39. The third kappa shape index (κ3) is 2.71. The van der Waals surface area contributed by atoms with Gasteiger partial charge < -0.3 is 4.74 Å². The third-order valence-electron chi connectivity index (χ3n) is 3.61. The Bertz CT molecular complexity index is 417. The van der Waals surface area contributed by atoms with Crippen molar-refractivity contribution in [1.29, 1.82) is 0 Å². The molecule has 0 fully saturated rings. The number of carbonyl (C=O) groups is 2. The van der Waals surface area contributed by atoms with E-state index in [-0.39, 0.29) is 11.6 Å². The van der Waals surface area contributed by atoms with Crippen molar-refractivity contribution < 1.29 is 14.3 Å². The molecule has 1 spiro atoms. The molecule has 0 aromatic heterocycles. The Morgan fingerprint density at radius 1 is 1.28 bits per heavy atom. The van der Waals surface area contributed by atoms with E-state index in [1.165, 1.54) is 0 Å². The van der Waals surface area contributed by atoms with E-state index in [1.807, 2.05) is 0 Å². The average Bonchev–Trinajstić information content (AvgIpc) is 2.34. The first-order chi connectivity index (χ1) is 8.52. The van der Waals surface area contributed by atoms with E-state index in [0.29, 0.717) is 25.4 Å². The van der Waals surface area contributed by atoms with Gasteiger partial charge in [0.1, 0.15) is 0 Å². The first-order valence-electron chi connectivity index (χ1n) is 6.62. The van der Waals surface area contributed by atoms with Crippen LogP contribution in [0.4, 0.5) is 0 Å². The summed E-state index contributed by atoms with van der Waals surface area (Å²) in [5, 5.41) is 0. The molecule has 2 rings (SSSR count). The molecule has 3 nitrogen and oxygen atoms in total. The minimum Gasteiger partial charge on any atom is -0.498 e. The standard InChI is InChI=1S/C15H20O3/c1-11(2)10-18-13-5-8-15(14(17)9-13)6-3-12(16)4-7-15/h3,6,9,11H,4-5,7-8,10H2,1-2H3. The van der Waals surface area contributed by atoms with Gasteiger partial charge in [0.15, 0.2) is 11.6 Å². The molecule has 0 saturated heterocycles. The van der Waals surface area contributed by atoms with Crippen molar-refractivity contribution in [3.63, 3.8) is 0 Å². The third-order valence-corrected chi connectivity index (χ3v) is 3.61. The Balaban J connectivity index is 2.06. The van der Waals surface area contributed by atoms with E-state index in [2.05, 4.69) is 13.8 Å². The molecule has 2 aliphatic carbocycles. The Kier molecular flexibility index (Phi) is 3.69. The molecular weight excluding hydrogens is 228 g/mol. The molecule has 0 aliphatic heterocycles. The fraction of sp³-hybridized carbons (Fsp3) is 0.600. The molecule has 0 amide bonds. The fourth-order valence-electron chi connectivity index (χ4n) is 2.40. The van der Waals surface area contributed by atoms with Crippen molar-refractivity contribution in [3.05, 3.63) is 24.0 Å². The highest BCUT2D eigenvalue weighted by Crippen LogP contribution is 2.40. The minimum absolute atomic E-state index is 0.0938. The molecule has 3 heteroatoms. The van der Waals surface area contributed by atoms with Gasteiger partial charge in [-0.05, 0) is 24.8 Å². The van der Waals surface area contributed by atoms with E-state index < -0.39 is 5.41 Å². The molecule has 0 aromatic carbocycles. The van der Waals surface area contributed by atoms with E-state index in [0.717, 1.165) is 18.6 Å². The van der Waals surface area contributed by atoms with Gasteiger partial charge in [-0.15, -0.1) is 0 Å². The summed E-state index contributed by atoms with van der Waals surface area (Å²) >= 11 is 0. The van der Waals surface area contributed by atoms with Gasteiger partial charge in [-0.1, -0.05) is 19.9 Å². The smallest absolute Gasteiger partial charge is 0.168 e. The van der Waals surface area contributed by atoms with E-state index in [1.54, 1.807) is 18.2 Å². The van der Waals surface area contributed by atoms with E-state index in [9.17, 15) is 9.59 Å². The normalized spacial score (nSPS) is 27.8. The van der Waals surface area contributed by atoms with Crippen LogP contribution in [0, 0.1) is 11.3 Å². The second kappa shape index (κ2) is 5.09. The number of carbonyl (C=O) groups excluding carboxylic acids is 2. The maximum absolute atomic E-state index is 12.2. The van der Waals surface area contributed by atoms with Crippen molar-refractivity contribution in [2.75, 3.05) is 6.61 Å². The molecule has 18 heavy (non-hydrogen) atoms. The van der Waals surface area contributed by atoms with Crippen LogP contribution in [0.2, 0.25) is 0 Å². The molecule has 1 atom stereocenters. The maximum atomic E-state index is 12.2. The summed E-state index contributed by atoms with van der Waals surface area (Å²) in [5.41, 5.74) is -0.432. The monoisotopic (exact) mass is 248 g/mol. The second-order valence-corrected chi connectivity index (χ2v) is 5.64. The summed E-state index contributed by atoms with van der Waals surface area (Å²) in [6, 6.07) is 0. The molecule has 0 aromatic rings. The Morgan fingerprint density at radius 2 is 2.00 bits per heavy atom. The van der Waals surface area contributed by atoms with Crippen molar-refractivity contribution in [2.45, 2.75) is 39.5 Å². The predicted octanol–water partition coefficient (Wildman–Crippen LogP) is 2.81. The maximum Gasteiger partial charge on any atom is 0.168 e. The summed E-state index contributed by atoms with van der Waals surface area (Å²) in [4.78, 5) is 23.4. The van der Waals surface area contributed by atoms with Crippen LogP contribution in [0.1, 0.15) is 39.5 Å². The van der Waals surface area contributed by atoms with Gasteiger partial charge in [0.05, 0.1) is 17.8 Å². The van der Waals surface area contributed by atoms with Crippen LogP contribution in [0.3, 0.4) is 0 Å². The van der Waals surface area contributed by atoms with Crippen LogP contribution >= 0.6 is 0 Å². The number of allylic oxidation sites excluding steroid dienone is 4. The molecule has 0 saturated carbocycles. The van der Waals surface area contributed by atoms with Gasteiger partial charge in [0.2, 0.25) is 0 Å². The van der Waals surface area contributed by atoms with Crippen LogP contribution < -0.4 is 0 Å². The number of rotatable bonds is 3. The molecule has 0 N–H and O–H groups in total. The number of hydrogen-bond donors (Lipinski definition) is 0. The number of ketones is 2. The largest absolute Gasteiger partial charge is 0.498 e. The summed E-state index contributed by atoms with van der Waals surface area (Å²) < 4.78 is 5.62. The molecule has 2 aliphatic rings. The average molecular weight is 248 g/mol. The van der Waals surface area contributed by atoms with Crippen molar-refractivity contribution in [3.8, 4) is 0 Å². The van der Waals surface area contributed by atoms with Crippen molar-refractivity contribution in [2.24, 2.45) is 11.3 Å². The van der Waals surface area contributed by atoms with Crippen LogP contribution in [-0.2, 0) is 14.3 Å². The lowest BCUT2D eigenvalue weighted by Gasteiger charge is -2.33. The molecule has 1 unspecified atom stereocenters. The highest BCUT2D eigenvalue weighted by molar-refractivity contribution is 6.01. The lowest BCUT2D eigenvalue weighted by Crippen LogP contribution is -2.34. The van der Waals surface area contributed by atoms with Gasteiger partial charge in [-0.3, -0.25) is 9.59 Å². The minimum atomic E-state index is -0.432. The van der Waals surface area contributed by atoms with Crippen LogP contribution in [0.15, 0.2) is 24.0 Å². The van der Waals surface area contributed by atoms with Crippen molar-refractivity contribution >= 4 is 11.6 Å². The van der Waals surface area contributed by atoms with Crippen LogP contribution in [0.5, 0.6) is 0 Å². The molecule has 0 bridgehead atoms. The lowest BCUT2D eigenvalue weighted by atomic mass is 9.69. The van der Waals surface area contributed by atoms with Crippen LogP contribution in [-0.4, -0.2) is 18.2 Å². The number of hydrogen-bond acceptors (Lipinski definition) is 3. The zero-order valence-electron chi connectivity index (χ0n) is 11.1. The quantitative estimate of drug-likeness (QED) is 0.771.